The van der Waals surface area contributed by atoms with Gasteiger partial charge in [-0.2, -0.15) is 13.2 Å². The lowest BCUT2D eigenvalue weighted by Crippen LogP contribution is -2.25. The summed E-state index contributed by atoms with van der Waals surface area (Å²) in [5.41, 5.74) is -0.622. The number of nitrogens with zero attached hydrogens (tertiary/aromatic N) is 1. The lowest BCUT2D eigenvalue weighted by atomic mass is 10.2. The van der Waals surface area contributed by atoms with Crippen LogP contribution in [-0.4, -0.2) is 17.4 Å². The van der Waals surface area contributed by atoms with E-state index >= 15 is 0 Å². The van der Waals surface area contributed by atoms with E-state index < -0.39 is 11.7 Å². The molecule has 0 bridgehead atoms. The summed E-state index contributed by atoms with van der Waals surface area (Å²) < 4.78 is 37.5. The van der Waals surface area contributed by atoms with Crippen molar-refractivity contribution >= 4 is 40.4 Å². The minimum Gasteiger partial charge on any atom is -0.351 e. The van der Waals surface area contributed by atoms with Crippen LogP contribution in [0.15, 0.2) is 23.7 Å². The molecule has 0 radical (unpaired) electrons. The number of amides is 1. The first kappa shape index (κ1) is 17.1. The predicted octanol–water partition coefficient (Wildman–Crippen LogP) is 4.44. The minimum absolute atomic E-state index is 0.0850. The van der Waals surface area contributed by atoms with Gasteiger partial charge in [0.2, 0.25) is 0 Å². The number of thiophene rings is 1. The number of nitrogens with one attached hydrogen (secondary N) is 1. The van der Waals surface area contributed by atoms with Crippen molar-refractivity contribution in [3.63, 3.8) is 0 Å². The van der Waals surface area contributed by atoms with Crippen LogP contribution in [-0.2, 0) is 12.6 Å². The summed E-state index contributed by atoms with van der Waals surface area (Å²) in [6.45, 7) is 0.186. The van der Waals surface area contributed by atoms with Gasteiger partial charge in [0.15, 0.2) is 0 Å². The predicted molar refractivity (Wildman–Crippen MR) is 79.6 cm³/mol. The molecule has 0 saturated heterocycles. The van der Waals surface area contributed by atoms with E-state index in [4.69, 9.17) is 23.2 Å². The van der Waals surface area contributed by atoms with E-state index in [-0.39, 0.29) is 29.6 Å². The van der Waals surface area contributed by atoms with Gasteiger partial charge in [0.05, 0.1) is 21.3 Å². The maximum absolute atomic E-state index is 12.5. The van der Waals surface area contributed by atoms with Gasteiger partial charge in [-0.15, -0.1) is 11.3 Å². The number of carbonyl (C=O) groups is 1. The van der Waals surface area contributed by atoms with Crippen LogP contribution in [0.5, 0.6) is 0 Å². The lowest BCUT2D eigenvalue weighted by molar-refractivity contribution is -0.137. The molecule has 0 aromatic carbocycles. The Balaban J connectivity index is 1.95. The Morgan fingerprint density at radius 1 is 1.32 bits per heavy atom. The van der Waals surface area contributed by atoms with E-state index in [0.717, 1.165) is 12.3 Å². The maximum atomic E-state index is 12.5. The minimum atomic E-state index is -4.49. The fourth-order valence-electron chi connectivity index (χ4n) is 1.64. The van der Waals surface area contributed by atoms with Gasteiger partial charge in [0.1, 0.15) is 4.88 Å². The second kappa shape index (κ2) is 6.85. The van der Waals surface area contributed by atoms with Gasteiger partial charge in [-0.1, -0.05) is 23.2 Å². The van der Waals surface area contributed by atoms with Crippen LogP contribution in [0.1, 0.15) is 20.9 Å². The van der Waals surface area contributed by atoms with E-state index in [0.29, 0.717) is 9.90 Å². The van der Waals surface area contributed by atoms with E-state index in [1.54, 1.807) is 11.4 Å². The van der Waals surface area contributed by atoms with Crippen molar-refractivity contribution in [3.05, 3.63) is 49.9 Å². The molecule has 2 rings (SSSR count). The molecule has 0 spiro atoms. The third-order valence-electron chi connectivity index (χ3n) is 2.72. The van der Waals surface area contributed by atoms with Crippen molar-refractivity contribution in [2.75, 3.05) is 6.54 Å². The summed E-state index contributed by atoms with van der Waals surface area (Å²) in [5.74, 6) is -0.344. The van der Waals surface area contributed by atoms with E-state index in [9.17, 15) is 18.0 Å². The quantitative estimate of drug-likeness (QED) is 0.866. The van der Waals surface area contributed by atoms with Crippen molar-refractivity contribution in [1.82, 2.24) is 10.3 Å². The number of hydrogen-bond acceptors (Lipinski definition) is 3. The fourth-order valence-corrected chi connectivity index (χ4v) is 2.95. The highest BCUT2D eigenvalue weighted by Crippen LogP contribution is 2.31. The van der Waals surface area contributed by atoms with Crippen LogP contribution < -0.4 is 5.32 Å². The molecule has 0 aliphatic heterocycles. The Morgan fingerprint density at radius 2 is 2.05 bits per heavy atom. The molecule has 118 valence electrons. The van der Waals surface area contributed by atoms with Crippen LogP contribution in [0.25, 0.3) is 0 Å². The van der Waals surface area contributed by atoms with Crippen molar-refractivity contribution in [1.29, 1.82) is 0 Å². The highest BCUT2D eigenvalue weighted by atomic mass is 35.5. The van der Waals surface area contributed by atoms with E-state index in [1.165, 1.54) is 11.3 Å². The van der Waals surface area contributed by atoms with Gasteiger partial charge in [-0.25, -0.2) is 0 Å². The molecule has 0 fully saturated rings. The SMILES string of the molecule is O=C(NCCc1ncc(C(F)(F)F)cc1Cl)c1sccc1Cl. The molecule has 2 heterocycles. The van der Waals surface area contributed by atoms with Gasteiger partial charge in [-0.3, -0.25) is 9.78 Å². The first-order chi connectivity index (χ1) is 10.3. The molecule has 1 amide bonds. The summed E-state index contributed by atoms with van der Waals surface area (Å²) >= 11 is 12.8. The Morgan fingerprint density at radius 3 is 2.59 bits per heavy atom. The Labute approximate surface area is 138 Å². The molecule has 0 unspecified atom stereocenters. The summed E-state index contributed by atoms with van der Waals surface area (Å²) in [7, 11) is 0. The van der Waals surface area contributed by atoms with Gasteiger partial charge in [0, 0.05) is 19.2 Å². The van der Waals surface area contributed by atoms with Gasteiger partial charge in [-0.05, 0) is 17.5 Å². The van der Waals surface area contributed by atoms with Crippen LogP contribution in [0.4, 0.5) is 13.2 Å². The molecule has 0 aliphatic carbocycles. The molecule has 3 nitrogen and oxygen atoms in total. The molecule has 1 N–H and O–H groups in total. The Kier molecular flexibility index (Phi) is 5.31. The zero-order chi connectivity index (χ0) is 16.3. The molecule has 9 heteroatoms. The number of aromatic nitrogens is 1. The number of rotatable bonds is 4. The molecular weight excluding hydrogens is 360 g/mol. The number of pyridine rings is 1. The molecule has 2 aromatic rings. The van der Waals surface area contributed by atoms with Crippen LogP contribution >= 0.6 is 34.5 Å². The number of alkyl halides is 3. The number of halogens is 5. The maximum Gasteiger partial charge on any atom is 0.417 e. The standard InChI is InChI=1S/C13H9Cl2F3N2OS/c14-8-2-4-22-11(8)12(21)19-3-1-10-9(15)5-7(6-20-10)13(16,17)18/h2,4-6H,1,3H2,(H,19,21). The normalized spacial score (nSPS) is 11.5. The average Bonchev–Trinajstić information content (AvgIpc) is 2.85. The van der Waals surface area contributed by atoms with Crippen molar-refractivity contribution < 1.29 is 18.0 Å². The molecule has 2 aromatic heterocycles. The molecule has 0 saturated carbocycles. The summed E-state index contributed by atoms with van der Waals surface area (Å²) in [6, 6.07) is 2.43. The Bertz CT molecular complexity index is 688. The first-order valence-electron chi connectivity index (χ1n) is 6.02. The van der Waals surface area contributed by atoms with Crippen molar-refractivity contribution in [2.24, 2.45) is 0 Å². The summed E-state index contributed by atoms with van der Waals surface area (Å²) in [4.78, 5) is 15.9. The first-order valence-corrected chi connectivity index (χ1v) is 7.65. The van der Waals surface area contributed by atoms with E-state index in [1.807, 2.05) is 0 Å². The lowest BCUT2D eigenvalue weighted by Gasteiger charge is -2.09. The van der Waals surface area contributed by atoms with Crippen molar-refractivity contribution in [2.45, 2.75) is 12.6 Å². The second-order valence-electron chi connectivity index (χ2n) is 4.25. The average molecular weight is 369 g/mol. The summed E-state index contributed by atoms with van der Waals surface area (Å²) in [5, 5.41) is 4.57. The second-order valence-corrected chi connectivity index (χ2v) is 5.98. The van der Waals surface area contributed by atoms with Gasteiger partial charge in [0.25, 0.3) is 5.91 Å². The third-order valence-corrected chi connectivity index (χ3v) is 4.38. The summed E-state index contributed by atoms with van der Waals surface area (Å²) in [6.07, 6.45) is -3.55. The highest BCUT2D eigenvalue weighted by molar-refractivity contribution is 7.12. The fraction of sp³-hybridized carbons (Fsp3) is 0.231. The Hall–Kier alpha value is -1.31. The number of carbonyl (C=O) groups excluding carboxylic acids is 1. The van der Waals surface area contributed by atoms with Crippen LogP contribution in [0.2, 0.25) is 10.0 Å². The molecular formula is C13H9Cl2F3N2OS. The molecule has 22 heavy (non-hydrogen) atoms. The van der Waals surface area contributed by atoms with Crippen molar-refractivity contribution in [3.8, 4) is 0 Å². The molecule has 0 atom stereocenters. The van der Waals surface area contributed by atoms with E-state index in [2.05, 4.69) is 10.3 Å². The zero-order valence-corrected chi connectivity index (χ0v) is 13.2. The van der Waals surface area contributed by atoms with Gasteiger partial charge >= 0.3 is 6.18 Å². The molecule has 0 aliphatic rings. The highest BCUT2D eigenvalue weighted by Gasteiger charge is 2.31. The van der Waals surface area contributed by atoms with Crippen LogP contribution in [0, 0.1) is 0 Å². The van der Waals surface area contributed by atoms with Gasteiger partial charge < -0.3 is 5.32 Å². The topological polar surface area (TPSA) is 42.0 Å². The number of hydrogen-bond donors (Lipinski definition) is 1. The third kappa shape index (κ3) is 4.12. The van der Waals surface area contributed by atoms with Crippen LogP contribution in [0.3, 0.4) is 0 Å². The monoisotopic (exact) mass is 368 g/mol. The largest absolute Gasteiger partial charge is 0.417 e. The zero-order valence-electron chi connectivity index (χ0n) is 10.9. The smallest absolute Gasteiger partial charge is 0.351 e.